The number of aliphatic hydroxyl groups excluding tert-OH is 1. The van der Waals surface area contributed by atoms with Gasteiger partial charge < -0.3 is 19.9 Å². The van der Waals surface area contributed by atoms with Gasteiger partial charge in [-0.2, -0.15) is 0 Å². The van der Waals surface area contributed by atoms with Crippen molar-refractivity contribution in [2.45, 2.75) is 12.6 Å². The molecule has 2 heterocycles. The monoisotopic (exact) mass is 386 g/mol. The highest BCUT2D eigenvalue weighted by atomic mass is 35.5. The number of halogens is 1. The summed E-state index contributed by atoms with van der Waals surface area (Å²) in [6.45, 7) is 0.310. The lowest BCUT2D eigenvalue weighted by Crippen LogP contribution is -2.12. The molecule has 1 atom stereocenters. The van der Waals surface area contributed by atoms with Crippen LogP contribution >= 0.6 is 11.6 Å². The van der Waals surface area contributed by atoms with Crippen LogP contribution in [0.5, 0.6) is 11.5 Å². The summed E-state index contributed by atoms with van der Waals surface area (Å²) < 4.78 is 12.0. The molecule has 1 aliphatic rings. The van der Waals surface area contributed by atoms with Crippen molar-refractivity contribution in [3.63, 3.8) is 0 Å². The van der Waals surface area contributed by atoms with Crippen LogP contribution in [0.3, 0.4) is 0 Å². The van der Waals surface area contributed by atoms with E-state index in [0.29, 0.717) is 27.8 Å². The van der Waals surface area contributed by atoms with Crippen molar-refractivity contribution in [2.75, 3.05) is 12.1 Å². The van der Waals surface area contributed by atoms with Crippen molar-refractivity contribution in [3.05, 3.63) is 64.9 Å². The van der Waals surface area contributed by atoms with E-state index in [1.807, 2.05) is 0 Å². The third-order valence-electron chi connectivity index (χ3n) is 4.01. The van der Waals surface area contributed by atoms with Gasteiger partial charge in [-0.1, -0.05) is 22.9 Å². The summed E-state index contributed by atoms with van der Waals surface area (Å²) in [5.74, 6) is 0.835. The molecule has 0 fully saturated rings. The van der Waals surface area contributed by atoms with E-state index < -0.39 is 12.0 Å². The third kappa shape index (κ3) is 3.86. The van der Waals surface area contributed by atoms with Gasteiger partial charge in [-0.05, 0) is 42.0 Å². The Morgan fingerprint density at radius 2 is 2.00 bits per heavy atom. The first kappa shape index (κ1) is 17.3. The predicted molar refractivity (Wildman–Crippen MR) is 97.0 cm³/mol. The number of nitrogens with zero attached hydrogens (tertiary/aromatic N) is 3. The molecule has 0 aliphatic carbocycles. The summed E-state index contributed by atoms with van der Waals surface area (Å²) in [6, 6.07) is 11.9. The number of ether oxygens (including phenoxy) is 2. The standard InChI is InChI=1S/C18H15ClN4O4/c19-12-2-4-13(5-3-12)20-18(25)14-8-23(22-21-14)9-15(24)11-1-6-16-17(7-11)27-10-26-16/h1-8,15,24H,9-10H2,(H,20,25)/t15-/m1/s1. The molecule has 138 valence electrons. The quantitative estimate of drug-likeness (QED) is 0.699. The fraction of sp³-hybridized carbons (Fsp3) is 0.167. The van der Waals surface area contributed by atoms with Gasteiger partial charge >= 0.3 is 0 Å². The van der Waals surface area contributed by atoms with Gasteiger partial charge in [0.25, 0.3) is 5.91 Å². The summed E-state index contributed by atoms with van der Waals surface area (Å²) in [5.41, 5.74) is 1.39. The summed E-state index contributed by atoms with van der Waals surface area (Å²) in [4.78, 5) is 12.2. The van der Waals surface area contributed by atoms with Crippen molar-refractivity contribution < 1.29 is 19.4 Å². The molecule has 0 unspecified atom stereocenters. The van der Waals surface area contributed by atoms with Crippen LogP contribution < -0.4 is 14.8 Å². The first-order valence-electron chi connectivity index (χ1n) is 8.13. The fourth-order valence-corrected chi connectivity index (χ4v) is 2.75. The fourth-order valence-electron chi connectivity index (χ4n) is 2.62. The summed E-state index contributed by atoms with van der Waals surface area (Å²) in [7, 11) is 0. The van der Waals surface area contributed by atoms with Crippen molar-refractivity contribution in [1.82, 2.24) is 15.0 Å². The van der Waals surface area contributed by atoms with Crippen molar-refractivity contribution in [2.24, 2.45) is 0 Å². The minimum absolute atomic E-state index is 0.140. The Hall–Kier alpha value is -3.10. The second-order valence-electron chi connectivity index (χ2n) is 5.92. The number of rotatable bonds is 5. The Labute approximate surface area is 159 Å². The molecule has 0 saturated heterocycles. The highest BCUT2D eigenvalue weighted by molar-refractivity contribution is 6.30. The Morgan fingerprint density at radius 3 is 2.81 bits per heavy atom. The second-order valence-corrected chi connectivity index (χ2v) is 6.35. The number of nitrogens with one attached hydrogen (secondary N) is 1. The van der Waals surface area contributed by atoms with Crippen molar-refractivity contribution in [1.29, 1.82) is 0 Å². The largest absolute Gasteiger partial charge is 0.454 e. The number of aromatic nitrogens is 3. The van der Waals surface area contributed by atoms with E-state index in [4.69, 9.17) is 21.1 Å². The zero-order valence-electron chi connectivity index (χ0n) is 14.0. The number of hydrogen-bond donors (Lipinski definition) is 2. The maximum atomic E-state index is 12.2. The Morgan fingerprint density at radius 1 is 1.22 bits per heavy atom. The van der Waals surface area contributed by atoms with Crippen molar-refractivity contribution in [3.8, 4) is 11.5 Å². The lowest BCUT2D eigenvalue weighted by molar-refractivity contribution is 0.102. The first-order valence-corrected chi connectivity index (χ1v) is 8.51. The summed E-state index contributed by atoms with van der Waals surface area (Å²) >= 11 is 5.82. The average molecular weight is 387 g/mol. The Balaban J connectivity index is 1.41. The minimum Gasteiger partial charge on any atom is -0.454 e. The van der Waals surface area contributed by atoms with Crippen LogP contribution in [0.15, 0.2) is 48.7 Å². The van der Waals surface area contributed by atoms with E-state index in [-0.39, 0.29) is 19.0 Å². The number of fused-ring (bicyclic) bond motifs is 1. The smallest absolute Gasteiger partial charge is 0.277 e. The number of amides is 1. The Kier molecular flexibility index (Phi) is 4.66. The average Bonchev–Trinajstić information content (AvgIpc) is 3.32. The summed E-state index contributed by atoms with van der Waals surface area (Å²) in [6.07, 6.45) is 0.634. The van der Waals surface area contributed by atoms with Gasteiger partial charge in [0, 0.05) is 10.7 Å². The van der Waals surface area contributed by atoms with Gasteiger partial charge in [0.15, 0.2) is 17.2 Å². The molecule has 1 aromatic heterocycles. The molecule has 1 amide bonds. The molecular weight excluding hydrogens is 372 g/mol. The molecule has 2 aromatic carbocycles. The Bertz CT molecular complexity index is 974. The topological polar surface area (TPSA) is 98.5 Å². The van der Waals surface area contributed by atoms with Gasteiger partial charge in [-0.3, -0.25) is 4.79 Å². The van der Waals surface area contributed by atoms with E-state index in [2.05, 4.69) is 15.6 Å². The van der Waals surface area contributed by atoms with E-state index in [0.717, 1.165) is 0 Å². The van der Waals surface area contributed by atoms with Crippen LogP contribution in [0.2, 0.25) is 5.02 Å². The molecule has 0 saturated carbocycles. The normalized spacial score (nSPS) is 13.4. The molecule has 3 aromatic rings. The van der Waals surface area contributed by atoms with Crippen LogP contribution in [0, 0.1) is 0 Å². The first-order chi connectivity index (χ1) is 13.1. The van der Waals surface area contributed by atoms with Crippen LogP contribution in [0.4, 0.5) is 5.69 Å². The zero-order chi connectivity index (χ0) is 18.8. The molecule has 4 rings (SSSR count). The molecule has 27 heavy (non-hydrogen) atoms. The van der Waals surface area contributed by atoms with Gasteiger partial charge in [0.1, 0.15) is 0 Å². The lowest BCUT2D eigenvalue weighted by atomic mass is 10.1. The molecular formula is C18H15ClN4O4. The highest BCUT2D eigenvalue weighted by Crippen LogP contribution is 2.34. The predicted octanol–water partition coefficient (Wildman–Crippen LogP) is 2.65. The molecule has 9 heteroatoms. The lowest BCUT2D eigenvalue weighted by Gasteiger charge is -2.11. The molecule has 0 radical (unpaired) electrons. The molecule has 2 N–H and O–H groups in total. The SMILES string of the molecule is O=C(Nc1ccc(Cl)cc1)c1cn(C[C@@H](O)c2ccc3c(c2)OCO3)nn1. The molecule has 8 nitrogen and oxygen atoms in total. The zero-order valence-corrected chi connectivity index (χ0v) is 14.8. The maximum Gasteiger partial charge on any atom is 0.277 e. The van der Waals surface area contributed by atoms with Gasteiger partial charge in [0.2, 0.25) is 6.79 Å². The van der Waals surface area contributed by atoms with E-state index >= 15 is 0 Å². The van der Waals surface area contributed by atoms with E-state index in [9.17, 15) is 9.90 Å². The van der Waals surface area contributed by atoms with Gasteiger partial charge in [-0.25, -0.2) is 4.68 Å². The number of aliphatic hydroxyl groups is 1. The van der Waals surface area contributed by atoms with Crippen LogP contribution in [0.1, 0.15) is 22.2 Å². The van der Waals surface area contributed by atoms with Crippen LogP contribution in [-0.2, 0) is 6.54 Å². The number of carbonyl (C=O) groups is 1. The van der Waals surface area contributed by atoms with Gasteiger partial charge in [0.05, 0.1) is 18.8 Å². The van der Waals surface area contributed by atoms with Gasteiger partial charge in [-0.15, -0.1) is 5.10 Å². The number of benzene rings is 2. The van der Waals surface area contributed by atoms with Crippen molar-refractivity contribution >= 4 is 23.2 Å². The number of anilines is 1. The van der Waals surface area contributed by atoms with E-state index in [1.165, 1.54) is 10.9 Å². The molecule has 1 aliphatic heterocycles. The van der Waals surface area contributed by atoms with Crippen LogP contribution in [-0.4, -0.2) is 32.8 Å². The maximum absolute atomic E-state index is 12.2. The molecule has 0 bridgehead atoms. The number of carbonyl (C=O) groups excluding carboxylic acids is 1. The van der Waals surface area contributed by atoms with Crippen LogP contribution in [0.25, 0.3) is 0 Å². The van der Waals surface area contributed by atoms with E-state index in [1.54, 1.807) is 42.5 Å². The third-order valence-corrected chi connectivity index (χ3v) is 4.27. The highest BCUT2D eigenvalue weighted by Gasteiger charge is 2.18. The number of hydrogen-bond acceptors (Lipinski definition) is 6. The molecule has 0 spiro atoms. The minimum atomic E-state index is -0.839. The summed E-state index contributed by atoms with van der Waals surface area (Å²) in [5, 5.41) is 21.5. The second kappa shape index (κ2) is 7.26.